The molecule has 1 saturated heterocycles. The molecule has 0 N–H and O–H groups in total. The van der Waals surface area contributed by atoms with Crippen LogP contribution >= 0.6 is 0 Å². The molecule has 0 saturated carbocycles. The molecule has 1 aliphatic heterocycles. The third-order valence-corrected chi connectivity index (χ3v) is 2.02. The molecule has 5 heteroatoms. The summed E-state index contributed by atoms with van der Waals surface area (Å²) in [7, 11) is 3.34. The van der Waals surface area contributed by atoms with Gasteiger partial charge in [0.2, 0.25) is 0 Å². The molecular weight excluding hydrogens is 265 g/mol. The van der Waals surface area contributed by atoms with Gasteiger partial charge in [0.25, 0.3) is 0 Å². The molecule has 0 radical (unpaired) electrons. The number of rotatable bonds is 3. The summed E-state index contributed by atoms with van der Waals surface area (Å²) in [4.78, 5) is 0. The Morgan fingerprint density at radius 1 is 1.36 bits per heavy atom. The molecule has 3 unspecified atom stereocenters. The van der Waals surface area contributed by atoms with E-state index in [1.807, 2.05) is 0 Å². The summed E-state index contributed by atoms with van der Waals surface area (Å²) >= 11 is 0.500. The fourth-order valence-corrected chi connectivity index (χ4v) is 1.35. The van der Waals surface area contributed by atoms with Gasteiger partial charge >= 0.3 is 24.3 Å². The molecule has 0 spiro atoms. The van der Waals surface area contributed by atoms with Crippen molar-refractivity contribution in [2.45, 2.75) is 31.7 Å². The molecule has 1 heterocycles. The fourth-order valence-electron chi connectivity index (χ4n) is 1.35. The van der Waals surface area contributed by atoms with E-state index in [1.54, 1.807) is 20.8 Å². The van der Waals surface area contributed by atoms with E-state index in [0.29, 0.717) is 21.0 Å². The van der Waals surface area contributed by atoms with Crippen molar-refractivity contribution in [3.8, 4) is 0 Å². The van der Waals surface area contributed by atoms with E-state index in [1.165, 1.54) is 0 Å². The van der Waals surface area contributed by atoms with Crippen molar-refractivity contribution in [1.29, 1.82) is 0 Å². The van der Waals surface area contributed by atoms with E-state index >= 15 is 0 Å². The molecule has 0 aromatic carbocycles. The van der Waals surface area contributed by atoms with Gasteiger partial charge in [0.05, 0.1) is 6.10 Å². The molecule has 85 valence electrons. The molecule has 3 atom stereocenters. The first-order valence-electron chi connectivity index (χ1n) is 4.06. The van der Waals surface area contributed by atoms with Crippen molar-refractivity contribution >= 4 is 0 Å². The molecule has 1 rings (SSSR count). The standard InChI is InChI=1S/C8H15O3.CH3.Nb.O/c1-4-6-8(10-3)7(9-2)5-11-6;;;/h5-8H,4H2,1-3H3;1H3;;/q2*-1;;. The second-order valence-electron chi connectivity index (χ2n) is 2.62. The van der Waals surface area contributed by atoms with Crippen LogP contribution in [0.25, 0.3) is 0 Å². The van der Waals surface area contributed by atoms with E-state index in [0.717, 1.165) is 6.42 Å². The van der Waals surface area contributed by atoms with Gasteiger partial charge in [0, 0.05) is 20.3 Å². The minimum atomic E-state index is -0.00931. The second-order valence-corrected chi connectivity index (χ2v) is 2.62. The van der Waals surface area contributed by atoms with Gasteiger partial charge in [-0.15, -0.1) is 0 Å². The summed E-state index contributed by atoms with van der Waals surface area (Å²) in [5, 5.41) is 0. The predicted molar refractivity (Wildman–Crippen MR) is 48.2 cm³/mol. The molecule has 0 amide bonds. The maximum atomic E-state index is 8.30. The quantitative estimate of drug-likeness (QED) is 0.579. The zero-order valence-corrected chi connectivity index (χ0v) is 11.3. The summed E-state index contributed by atoms with van der Waals surface area (Å²) in [5.74, 6) is 0. The third kappa shape index (κ3) is 4.30. The second kappa shape index (κ2) is 9.96. The van der Waals surface area contributed by atoms with Crippen LogP contribution in [-0.2, 0) is 38.5 Å². The predicted octanol–water partition coefficient (Wildman–Crippen LogP) is 1.32. The Kier molecular flexibility index (Phi) is 12.0. The Labute approximate surface area is 98.5 Å². The van der Waals surface area contributed by atoms with Gasteiger partial charge in [-0.25, -0.2) is 0 Å². The Bertz CT molecular complexity index is 122. The molecule has 0 aromatic rings. The van der Waals surface area contributed by atoms with Crippen molar-refractivity contribution in [2.24, 2.45) is 0 Å². The fraction of sp³-hybridized carbons (Fsp3) is 0.778. The summed E-state index contributed by atoms with van der Waals surface area (Å²) in [6, 6.07) is 0. The van der Waals surface area contributed by atoms with Crippen LogP contribution in [0.15, 0.2) is 0 Å². The Balaban J connectivity index is 0. The number of hydrogen-bond donors (Lipinski definition) is 0. The molecular formula is C9H18NbO4-2. The van der Waals surface area contributed by atoms with Crippen molar-refractivity contribution in [3.05, 3.63) is 14.0 Å². The monoisotopic (exact) mass is 283 g/mol. The summed E-state index contributed by atoms with van der Waals surface area (Å²) < 4.78 is 24.0. The Hall–Kier alpha value is 0.420. The van der Waals surface area contributed by atoms with Gasteiger partial charge in [-0.2, -0.15) is 6.61 Å². The van der Waals surface area contributed by atoms with Crippen LogP contribution in [0.3, 0.4) is 0 Å². The van der Waals surface area contributed by atoms with Gasteiger partial charge < -0.3 is 21.6 Å². The van der Waals surface area contributed by atoms with Gasteiger partial charge in [-0.1, -0.05) is 6.92 Å². The maximum absolute atomic E-state index is 8.30. The number of methoxy groups -OCH3 is 2. The molecule has 4 nitrogen and oxygen atoms in total. The Morgan fingerprint density at radius 3 is 2.29 bits per heavy atom. The average molecular weight is 283 g/mol. The van der Waals surface area contributed by atoms with Crippen molar-refractivity contribution in [3.63, 3.8) is 0 Å². The summed E-state index contributed by atoms with van der Waals surface area (Å²) in [5.41, 5.74) is 0. The normalized spacial score (nSPS) is 30.0. The molecule has 1 fully saturated rings. The zero-order valence-electron chi connectivity index (χ0n) is 9.10. The van der Waals surface area contributed by atoms with Gasteiger partial charge in [-0.3, -0.25) is 0 Å². The Morgan fingerprint density at radius 2 is 1.93 bits per heavy atom. The molecule has 14 heavy (non-hydrogen) atoms. The van der Waals surface area contributed by atoms with E-state index in [9.17, 15) is 0 Å². The summed E-state index contributed by atoms with van der Waals surface area (Å²) in [6.07, 6.45) is 1.16. The number of ether oxygens (including phenoxy) is 3. The third-order valence-electron chi connectivity index (χ3n) is 2.02. The van der Waals surface area contributed by atoms with Crippen LogP contribution in [0.5, 0.6) is 0 Å². The van der Waals surface area contributed by atoms with Crippen LogP contribution in [0.4, 0.5) is 0 Å². The van der Waals surface area contributed by atoms with Crippen LogP contribution in [-0.4, -0.2) is 32.5 Å². The van der Waals surface area contributed by atoms with Gasteiger partial charge in [0.15, 0.2) is 0 Å². The first-order chi connectivity index (χ1) is 6.33. The first-order valence-corrected chi connectivity index (χ1v) is 4.95. The van der Waals surface area contributed by atoms with Crippen molar-refractivity contribution in [2.75, 3.05) is 14.2 Å². The topological polar surface area (TPSA) is 44.8 Å². The van der Waals surface area contributed by atoms with Crippen molar-refractivity contribution in [1.82, 2.24) is 0 Å². The van der Waals surface area contributed by atoms with E-state index < -0.39 is 0 Å². The van der Waals surface area contributed by atoms with Crippen LogP contribution < -0.4 is 0 Å². The van der Waals surface area contributed by atoms with E-state index in [4.69, 9.17) is 17.5 Å². The molecule has 0 aromatic heterocycles. The van der Waals surface area contributed by atoms with Crippen LogP contribution in [0.2, 0.25) is 0 Å². The summed E-state index contributed by atoms with van der Waals surface area (Å²) in [6.45, 7) is 3.78. The number of hydrogen-bond acceptors (Lipinski definition) is 4. The average Bonchev–Trinajstić information content (AvgIpc) is 2.62. The van der Waals surface area contributed by atoms with E-state index in [-0.39, 0.29) is 25.7 Å². The van der Waals surface area contributed by atoms with Crippen molar-refractivity contribution < 1.29 is 38.5 Å². The SMILES string of the molecule is CCC1O[CH-]C(OC)C1OC.[CH3-].[O]=[Nb]. The molecule has 0 bridgehead atoms. The zero-order chi connectivity index (χ0) is 10.3. The van der Waals surface area contributed by atoms with Crippen LogP contribution in [0, 0.1) is 14.0 Å². The molecule has 0 aliphatic carbocycles. The minimum absolute atomic E-state index is 0. The van der Waals surface area contributed by atoms with Crippen LogP contribution in [0.1, 0.15) is 13.3 Å². The van der Waals surface area contributed by atoms with Gasteiger partial charge in [-0.05, 0) is 12.5 Å². The molecule has 1 aliphatic rings. The first kappa shape index (κ1) is 16.8. The van der Waals surface area contributed by atoms with E-state index in [2.05, 4.69) is 6.92 Å². The van der Waals surface area contributed by atoms with Gasteiger partial charge in [0.1, 0.15) is 0 Å².